The molecule has 0 radical (unpaired) electrons. The second kappa shape index (κ2) is 3.57. The van der Waals surface area contributed by atoms with E-state index in [-0.39, 0.29) is 0 Å². The van der Waals surface area contributed by atoms with Gasteiger partial charge in [-0.1, -0.05) is 0 Å². The van der Waals surface area contributed by atoms with Gasteiger partial charge in [0.25, 0.3) is 0 Å². The topological polar surface area (TPSA) is 48.1 Å². The third kappa shape index (κ3) is 2.08. The van der Waals surface area contributed by atoms with Crippen LogP contribution in [0.3, 0.4) is 0 Å². The van der Waals surface area contributed by atoms with Crippen LogP contribution < -0.4 is 10.5 Å². The average molecular weight is 217 g/mol. The molecule has 0 bridgehead atoms. The fourth-order valence-electron chi connectivity index (χ4n) is 0.695. The third-order valence-electron chi connectivity index (χ3n) is 1.14. The van der Waals surface area contributed by atoms with E-state index in [0.717, 1.165) is 10.2 Å². The van der Waals surface area contributed by atoms with Gasteiger partial charge in [-0.3, -0.25) is 0 Å². The van der Waals surface area contributed by atoms with E-state index in [2.05, 4.69) is 20.9 Å². The summed E-state index contributed by atoms with van der Waals surface area (Å²) in [4.78, 5) is 3.88. The minimum absolute atomic E-state index is 0.486. The van der Waals surface area contributed by atoms with Crippen molar-refractivity contribution < 1.29 is 4.74 Å². The number of rotatable bonds is 2. The first kappa shape index (κ1) is 8.33. The standard InChI is InChI=1S/C7H9BrN2O/c1-2-11-6-4-10-7(9)3-5(6)8/h3-4H,2H2,1H3,(H2,9,10). The van der Waals surface area contributed by atoms with Gasteiger partial charge in [0.1, 0.15) is 5.82 Å². The predicted molar refractivity (Wildman–Crippen MR) is 47.5 cm³/mol. The number of nitrogens with zero attached hydrogens (tertiary/aromatic N) is 1. The molecule has 0 spiro atoms. The molecule has 0 aliphatic heterocycles. The lowest BCUT2D eigenvalue weighted by Crippen LogP contribution is -1.95. The summed E-state index contributed by atoms with van der Waals surface area (Å²) in [5.74, 6) is 1.21. The van der Waals surface area contributed by atoms with Crippen molar-refractivity contribution in [3.63, 3.8) is 0 Å². The fraction of sp³-hybridized carbons (Fsp3) is 0.286. The van der Waals surface area contributed by atoms with Gasteiger partial charge in [-0.2, -0.15) is 0 Å². The Bertz CT molecular complexity index is 252. The Labute approximate surface area is 73.7 Å². The smallest absolute Gasteiger partial charge is 0.151 e. The molecule has 3 nitrogen and oxygen atoms in total. The van der Waals surface area contributed by atoms with Crippen molar-refractivity contribution in [3.8, 4) is 5.75 Å². The summed E-state index contributed by atoms with van der Waals surface area (Å²) in [5, 5.41) is 0. The number of anilines is 1. The predicted octanol–water partition coefficient (Wildman–Crippen LogP) is 1.82. The van der Waals surface area contributed by atoms with E-state index in [1.54, 1.807) is 12.3 Å². The zero-order valence-corrected chi connectivity index (χ0v) is 7.76. The van der Waals surface area contributed by atoms with Crippen molar-refractivity contribution in [2.45, 2.75) is 6.92 Å². The molecule has 0 aromatic carbocycles. The van der Waals surface area contributed by atoms with Crippen LogP contribution in [0.5, 0.6) is 5.75 Å². The highest BCUT2D eigenvalue weighted by Gasteiger charge is 1.99. The summed E-state index contributed by atoms with van der Waals surface area (Å²) in [5.41, 5.74) is 5.43. The van der Waals surface area contributed by atoms with Gasteiger partial charge >= 0.3 is 0 Å². The van der Waals surface area contributed by atoms with E-state index in [1.807, 2.05) is 6.92 Å². The van der Waals surface area contributed by atoms with Crippen molar-refractivity contribution >= 4 is 21.7 Å². The Kier molecular flexibility index (Phi) is 2.70. The number of nitrogens with two attached hydrogens (primary N) is 1. The molecule has 0 aliphatic rings. The highest BCUT2D eigenvalue weighted by Crippen LogP contribution is 2.24. The molecule has 0 saturated heterocycles. The van der Waals surface area contributed by atoms with Crippen molar-refractivity contribution in [3.05, 3.63) is 16.7 Å². The molecule has 2 N–H and O–H groups in total. The summed E-state index contributed by atoms with van der Waals surface area (Å²) in [7, 11) is 0. The van der Waals surface area contributed by atoms with E-state index in [4.69, 9.17) is 10.5 Å². The average Bonchev–Trinajstić information content (AvgIpc) is 1.95. The van der Waals surface area contributed by atoms with Gasteiger partial charge in [-0.15, -0.1) is 0 Å². The molecule has 1 rings (SSSR count). The quantitative estimate of drug-likeness (QED) is 0.821. The molecule has 1 aromatic heterocycles. The van der Waals surface area contributed by atoms with Crippen LogP contribution in [-0.4, -0.2) is 11.6 Å². The van der Waals surface area contributed by atoms with Crippen LogP contribution in [-0.2, 0) is 0 Å². The van der Waals surface area contributed by atoms with Crippen LogP contribution in [0.25, 0.3) is 0 Å². The minimum atomic E-state index is 0.486. The lowest BCUT2D eigenvalue weighted by molar-refractivity contribution is 0.337. The minimum Gasteiger partial charge on any atom is -0.491 e. The van der Waals surface area contributed by atoms with Crippen LogP contribution in [0.4, 0.5) is 5.82 Å². The van der Waals surface area contributed by atoms with Gasteiger partial charge in [0.2, 0.25) is 0 Å². The van der Waals surface area contributed by atoms with Gasteiger partial charge < -0.3 is 10.5 Å². The van der Waals surface area contributed by atoms with E-state index in [0.29, 0.717) is 12.4 Å². The van der Waals surface area contributed by atoms with Gasteiger partial charge in [-0.25, -0.2) is 4.98 Å². The summed E-state index contributed by atoms with van der Waals surface area (Å²) in [6, 6.07) is 1.71. The molecule has 0 fully saturated rings. The Balaban J connectivity index is 2.90. The number of ether oxygens (including phenoxy) is 1. The van der Waals surface area contributed by atoms with E-state index in [9.17, 15) is 0 Å². The largest absolute Gasteiger partial charge is 0.491 e. The Morgan fingerprint density at radius 1 is 1.73 bits per heavy atom. The monoisotopic (exact) mass is 216 g/mol. The molecular weight excluding hydrogens is 208 g/mol. The third-order valence-corrected chi connectivity index (χ3v) is 1.76. The van der Waals surface area contributed by atoms with Gasteiger partial charge in [0, 0.05) is 0 Å². The maximum atomic E-state index is 5.43. The van der Waals surface area contributed by atoms with Gasteiger partial charge in [0.15, 0.2) is 5.75 Å². The molecule has 4 heteroatoms. The van der Waals surface area contributed by atoms with Crippen molar-refractivity contribution in [2.75, 3.05) is 12.3 Å². The normalized spacial score (nSPS) is 9.64. The lowest BCUT2D eigenvalue weighted by Gasteiger charge is -2.04. The number of aromatic nitrogens is 1. The zero-order chi connectivity index (χ0) is 8.27. The maximum Gasteiger partial charge on any atom is 0.151 e. The molecule has 1 aromatic rings. The Morgan fingerprint density at radius 2 is 2.45 bits per heavy atom. The number of pyridine rings is 1. The number of halogens is 1. The maximum absolute atomic E-state index is 5.43. The van der Waals surface area contributed by atoms with E-state index >= 15 is 0 Å². The fourth-order valence-corrected chi connectivity index (χ4v) is 1.15. The van der Waals surface area contributed by atoms with E-state index < -0.39 is 0 Å². The summed E-state index contributed by atoms with van der Waals surface area (Å²) < 4.78 is 6.07. The summed E-state index contributed by atoms with van der Waals surface area (Å²) in [6.07, 6.45) is 1.60. The molecule has 60 valence electrons. The SMILES string of the molecule is CCOc1cnc(N)cc1Br. The molecule has 0 atom stereocenters. The van der Waals surface area contributed by atoms with Crippen LogP contribution in [0.1, 0.15) is 6.92 Å². The highest BCUT2D eigenvalue weighted by atomic mass is 79.9. The molecule has 1 heterocycles. The van der Waals surface area contributed by atoms with Crippen LogP contribution in [0, 0.1) is 0 Å². The highest BCUT2D eigenvalue weighted by molar-refractivity contribution is 9.10. The van der Waals surface area contributed by atoms with E-state index in [1.165, 1.54) is 0 Å². The van der Waals surface area contributed by atoms with Crippen molar-refractivity contribution in [1.82, 2.24) is 4.98 Å². The summed E-state index contributed by atoms with van der Waals surface area (Å²) >= 11 is 3.30. The second-order valence-electron chi connectivity index (χ2n) is 1.97. The van der Waals surface area contributed by atoms with Gasteiger partial charge in [-0.05, 0) is 28.9 Å². The number of nitrogen functional groups attached to an aromatic ring is 1. The first-order valence-corrected chi connectivity index (χ1v) is 4.07. The van der Waals surface area contributed by atoms with Crippen LogP contribution in [0.2, 0.25) is 0 Å². The lowest BCUT2D eigenvalue weighted by atomic mass is 10.4. The van der Waals surface area contributed by atoms with Crippen LogP contribution >= 0.6 is 15.9 Å². The molecular formula is C7H9BrN2O. The molecule has 0 unspecified atom stereocenters. The number of hydrogen-bond donors (Lipinski definition) is 1. The second-order valence-corrected chi connectivity index (χ2v) is 2.83. The Morgan fingerprint density at radius 3 is 3.00 bits per heavy atom. The van der Waals surface area contributed by atoms with Gasteiger partial charge in [0.05, 0.1) is 17.3 Å². The zero-order valence-electron chi connectivity index (χ0n) is 6.17. The first-order chi connectivity index (χ1) is 5.24. The first-order valence-electron chi connectivity index (χ1n) is 3.28. The molecule has 0 aliphatic carbocycles. The molecule has 11 heavy (non-hydrogen) atoms. The Hall–Kier alpha value is -0.770. The number of hydrogen-bond acceptors (Lipinski definition) is 3. The molecule has 0 amide bonds. The van der Waals surface area contributed by atoms with Crippen LogP contribution in [0.15, 0.2) is 16.7 Å². The van der Waals surface area contributed by atoms with Crippen molar-refractivity contribution in [2.24, 2.45) is 0 Å². The molecule has 0 saturated carbocycles. The van der Waals surface area contributed by atoms with Crippen molar-refractivity contribution in [1.29, 1.82) is 0 Å². The summed E-state index contributed by atoms with van der Waals surface area (Å²) in [6.45, 7) is 2.55.